The number of aliphatic imine (C=N–C) groups is 1. The maximum absolute atomic E-state index is 12.6. The standard InChI is InChI=1S/C20H16N2O5S/c1-11-6-15-16(27-10-26-15)8-13(11)9-17-18(23)22(2)20(28-17)21-14-5-3-4-12(7-14)19(24)25/h3-9H,10H2,1-2H3,(H,24,25)/b17-9+,21-20?. The zero-order valence-electron chi connectivity index (χ0n) is 15.1. The summed E-state index contributed by atoms with van der Waals surface area (Å²) in [7, 11) is 1.64. The van der Waals surface area contributed by atoms with Crippen molar-refractivity contribution in [2.75, 3.05) is 13.8 Å². The summed E-state index contributed by atoms with van der Waals surface area (Å²) in [4.78, 5) is 30.2. The molecule has 0 atom stereocenters. The van der Waals surface area contributed by atoms with Crippen LogP contribution >= 0.6 is 11.8 Å². The third-order valence-corrected chi connectivity index (χ3v) is 5.43. The molecule has 1 saturated heterocycles. The Morgan fingerprint density at radius 3 is 2.75 bits per heavy atom. The number of nitrogens with zero attached hydrogens (tertiary/aromatic N) is 2. The number of carboxylic acid groups (broad SMARTS) is 1. The van der Waals surface area contributed by atoms with Gasteiger partial charge in [0.15, 0.2) is 16.7 Å². The number of carbonyl (C=O) groups excluding carboxylic acids is 1. The first-order valence-electron chi connectivity index (χ1n) is 8.42. The summed E-state index contributed by atoms with van der Waals surface area (Å²) in [6.45, 7) is 2.13. The van der Waals surface area contributed by atoms with E-state index in [2.05, 4.69) is 4.99 Å². The van der Waals surface area contributed by atoms with E-state index in [9.17, 15) is 9.59 Å². The lowest BCUT2D eigenvalue weighted by Gasteiger charge is -2.07. The summed E-state index contributed by atoms with van der Waals surface area (Å²) in [5.41, 5.74) is 2.45. The number of carbonyl (C=O) groups is 2. The second-order valence-corrected chi connectivity index (χ2v) is 7.30. The zero-order chi connectivity index (χ0) is 19.8. The van der Waals surface area contributed by atoms with Gasteiger partial charge in [-0.25, -0.2) is 9.79 Å². The third-order valence-electron chi connectivity index (χ3n) is 4.37. The average Bonchev–Trinajstić information content (AvgIpc) is 3.22. The molecule has 8 heteroatoms. The highest BCUT2D eigenvalue weighted by Crippen LogP contribution is 2.38. The summed E-state index contributed by atoms with van der Waals surface area (Å²) < 4.78 is 10.8. The highest BCUT2D eigenvalue weighted by atomic mass is 32.2. The summed E-state index contributed by atoms with van der Waals surface area (Å²) in [6.07, 6.45) is 1.80. The number of likely N-dealkylation sites (N-methyl/N-ethyl adjacent to an activating group) is 1. The molecule has 0 radical (unpaired) electrons. The predicted octanol–water partition coefficient (Wildman–Crippen LogP) is 3.66. The second kappa shape index (κ2) is 7.05. The van der Waals surface area contributed by atoms with Crippen LogP contribution in [0.2, 0.25) is 0 Å². The van der Waals surface area contributed by atoms with Crippen molar-refractivity contribution in [2.45, 2.75) is 6.92 Å². The molecular formula is C20H16N2O5S. The van der Waals surface area contributed by atoms with Crippen LogP contribution in [0.5, 0.6) is 11.5 Å². The Morgan fingerprint density at radius 2 is 2.00 bits per heavy atom. The van der Waals surface area contributed by atoms with Gasteiger partial charge in [0.25, 0.3) is 5.91 Å². The first-order chi connectivity index (χ1) is 13.4. The number of benzene rings is 2. The lowest BCUT2D eigenvalue weighted by molar-refractivity contribution is -0.121. The summed E-state index contributed by atoms with van der Waals surface area (Å²) >= 11 is 1.24. The molecule has 0 aromatic heterocycles. The minimum atomic E-state index is -1.02. The third kappa shape index (κ3) is 3.34. The molecule has 2 aliphatic rings. The minimum absolute atomic E-state index is 0.144. The first-order valence-corrected chi connectivity index (χ1v) is 9.24. The van der Waals surface area contributed by atoms with E-state index in [1.165, 1.54) is 28.8 Å². The molecule has 2 aliphatic heterocycles. The smallest absolute Gasteiger partial charge is 0.335 e. The summed E-state index contributed by atoms with van der Waals surface area (Å²) in [5, 5.41) is 9.60. The van der Waals surface area contributed by atoms with Crippen molar-refractivity contribution >= 4 is 40.6 Å². The zero-order valence-corrected chi connectivity index (χ0v) is 15.9. The fraction of sp³-hybridized carbons (Fsp3) is 0.150. The molecule has 0 saturated carbocycles. The Kier molecular flexibility index (Phi) is 4.56. The van der Waals surface area contributed by atoms with Gasteiger partial charge in [-0.1, -0.05) is 6.07 Å². The maximum atomic E-state index is 12.6. The van der Waals surface area contributed by atoms with Gasteiger partial charge in [0.1, 0.15) is 0 Å². The van der Waals surface area contributed by atoms with Crippen molar-refractivity contribution in [1.82, 2.24) is 4.90 Å². The van der Waals surface area contributed by atoms with E-state index in [-0.39, 0.29) is 18.3 Å². The number of thioether (sulfide) groups is 1. The Morgan fingerprint density at radius 1 is 1.25 bits per heavy atom. The molecule has 4 rings (SSSR count). The fourth-order valence-electron chi connectivity index (χ4n) is 2.83. The molecule has 2 aromatic rings. The monoisotopic (exact) mass is 396 g/mol. The number of hydrogen-bond acceptors (Lipinski definition) is 6. The van der Waals surface area contributed by atoms with Crippen molar-refractivity contribution in [1.29, 1.82) is 0 Å². The van der Waals surface area contributed by atoms with Crippen LogP contribution in [-0.2, 0) is 4.79 Å². The van der Waals surface area contributed by atoms with Gasteiger partial charge < -0.3 is 14.6 Å². The first kappa shape index (κ1) is 18.1. The molecule has 7 nitrogen and oxygen atoms in total. The van der Waals surface area contributed by atoms with Gasteiger partial charge in [-0.2, -0.15) is 0 Å². The van der Waals surface area contributed by atoms with Crippen LogP contribution in [-0.4, -0.2) is 40.9 Å². The number of fused-ring (bicyclic) bond motifs is 1. The number of rotatable bonds is 3. The van der Waals surface area contributed by atoms with Crippen LogP contribution in [0.3, 0.4) is 0 Å². The number of aryl methyl sites for hydroxylation is 1. The Bertz CT molecular complexity index is 1060. The summed E-state index contributed by atoms with van der Waals surface area (Å²) in [6, 6.07) is 10.0. The Balaban J connectivity index is 1.65. The quantitative estimate of drug-likeness (QED) is 0.797. The maximum Gasteiger partial charge on any atom is 0.335 e. The number of amidine groups is 1. The van der Waals surface area contributed by atoms with Crippen molar-refractivity contribution in [3.63, 3.8) is 0 Å². The van der Waals surface area contributed by atoms with E-state index in [0.717, 1.165) is 11.1 Å². The highest BCUT2D eigenvalue weighted by Gasteiger charge is 2.30. The van der Waals surface area contributed by atoms with Crippen molar-refractivity contribution in [3.05, 3.63) is 58.0 Å². The van der Waals surface area contributed by atoms with Crippen LogP contribution in [0.15, 0.2) is 46.3 Å². The lowest BCUT2D eigenvalue weighted by atomic mass is 10.1. The lowest BCUT2D eigenvalue weighted by Crippen LogP contribution is -2.23. The summed E-state index contributed by atoms with van der Waals surface area (Å²) in [5.74, 6) is 0.156. The van der Waals surface area contributed by atoms with E-state index < -0.39 is 5.97 Å². The van der Waals surface area contributed by atoms with Crippen LogP contribution in [0.4, 0.5) is 5.69 Å². The second-order valence-electron chi connectivity index (χ2n) is 6.29. The molecule has 0 aliphatic carbocycles. The minimum Gasteiger partial charge on any atom is -0.478 e. The van der Waals surface area contributed by atoms with E-state index in [1.54, 1.807) is 25.3 Å². The highest BCUT2D eigenvalue weighted by molar-refractivity contribution is 8.18. The average molecular weight is 396 g/mol. The van der Waals surface area contributed by atoms with Gasteiger partial charge >= 0.3 is 5.97 Å². The van der Waals surface area contributed by atoms with Gasteiger partial charge in [0.05, 0.1) is 16.2 Å². The Labute approximate surface area is 165 Å². The van der Waals surface area contributed by atoms with Crippen LogP contribution in [0.1, 0.15) is 21.5 Å². The molecule has 0 bridgehead atoms. The van der Waals surface area contributed by atoms with Gasteiger partial charge in [-0.05, 0) is 66.2 Å². The fourth-order valence-corrected chi connectivity index (χ4v) is 3.80. The van der Waals surface area contributed by atoms with E-state index >= 15 is 0 Å². The topological polar surface area (TPSA) is 88.4 Å². The molecule has 2 heterocycles. The number of ether oxygens (including phenoxy) is 2. The van der Waals surface area contributed by atoms with Crippen LogP contribution in [0, 0.1) is 6.92 Å². The number of hydrogen-bond donors (Lipinski definition) is 1. The number of carboxylic acids is 1. The van der Waals surface area contributed by atoms with E-state index in [1.807, 2.05) is 19.1 Å². The van der Waals surface area contributed by atoms with Crippen LogP contribution < -0.4 is 9.47 Å². The van der Waals surface area contributed by atoms with E-state index in [0.29, 0.717) is 27.3 Å². The largest absolute Gasteiger partial charge is 0.478 e. The molecule has 0 unspecified atom stereocenters. The SMILES string of the molecule is Cc1cc2c(cc1/C=C1/SC(=Nc3cccc(C(=O)O)c3)N(C)C1=O)OCO2. The molecule has 28 heavy (non-hydrogen) atoms. The molecule has 1 N–H and O–H groups in total. The molecular weight excluding hydrogens is 380 g/mol. The predicted molar refractivity (Wildman–Crippen MR) is 106 cm³/mol. The Hall–Kier alpha value is -3.26. The van der Waals surface area contributed by atoms with Gasteiger partial charge in [0.2, 0.25) is 6.79 Å². The van der Waals surface area contributed by atoms with E-state index in [4.69, 9.17) is 14.6 Å². The molecule has 1 fully saturated rings. The van der Waals surface area contributed by atoms with Gasteiger partial charge in [-0.3, -0.25) is 9.69 Å². The molecule has 1 amide bonds. The number of aromatic carboxylic acids is 1. The molecule has 0 spiro atoms. The molecule has 2 aromatic carbocycles. The van der Waals surface area contributed by atoms with Crippen LogP contribution in [0.25, 0.3) is 6.08 Å². The normalized spacial score (nSPS) is 18.4. The van der Waals surface area contributed by atoms with Gasteiger partial charge in [-0.15, -0.1) is 0 Å². The molecule has 142 valence electrons. The van der Waals surface area contributed by atoms with Crippen molar-refractivity contribution in [3.8, 4) is 11.5 Å². The van der Waals surface area contributed by atoms with Gasteiger partial charge in [0, 0.05) is 7.05 Å². The van der Waals surface area contributed by atoms with Crippen molar-refractivity contribution in [2.24, 2.45) is 4.99 Å². The number of amides is 1. The van der Waals surface area contributed by atoms with Crippen molar-refractivity contribution < 1.29 is 24.2 Å².